The lowest BCUT2D eigenvalue weighted by molar-refractivity contribution is -0.134. The van der Waals surface area contributed by atoms with Crippen LogP contribution in [0.3, 0.4) is 0 Å². The molecule has 32 heavy (non-hydrogen) atoms. The van der Waals surface area contributed by atoms with Crippen LogP contribution in [-0.2, 0) is 9.53 Å². The molecule has 1 saturated heterocycles. The largest absolute Gasteiger partial charge is 0.495 e. The zero-order valence-corrected chi connectivity index (χ0v) is 20.1. The quantitative estimate of drug-likeness (QED) is 0.710. The Morgan fingerprint density at radius 2 is 1.72 bits per heavy atom. The van der Waals surface area contributed by atoms with E-state index >= 15 is 0 Å². The number of hydrogen-bond acceptors (Lipinski definition) is 5. The van der Waals surface area contributed by atoms with Gasteiger partial charge in [0.25, 0.3) is 0 Å². The highest BCUT2D eigenvalue weighted by molar-refractivity contribution is 5.86. The maximum absolute atomic E-state index is 13.5. The van der Waals surface area contributed by atoms with Crippen LogP contribution in [0.2, 0.25) is 0 Å². The third-order valence-corrected chi connectivity index (χ3v) is 6.30. The Hall–Kier alpha value is -2.44. The number of carbonyl (C=O) groups is 2. The highest BCUT2D eigenvalue weighted by Gasteiger charge is 2.32. The molecule has 1 N–H and O–H groups in total. The van der Waals surface area contributed by atoms with Gasteiger partial charge in [0, 0.05) is 26.2 Å². The van der Waals surface area contributed by atoms with Gasteiger partial charge in [0.1, 0.15) is 17.4 Å². The van der Waals surface area contributed by atoms with Gasteiger partial charge in [-0.25, -0.2) is 4.79 Å². The number of carbonyl (C=O) groups excluding carboxylic acids is 2. The monoisotopic (exact) mass is 445 g/mol. The van der Waals surface area contributed by atoms with Crippen molar-refractivity contribution in [1.82, 2.24) is 10.2 Å². The molecule has 2 fully saturated rings. The predicted molar refractivity (Wildman–Crippen MR) is 126 cm³/mol. The van der Waals surface area contributed by atoms with Crippen LogP contribution in [0.25, 0.3) is 0 Å². The first-order valence-electron chi connectivity index (χ1n) is 11.9. The predicted octanol–water partition coefficient (Wildman–Crippen LogP) is 4.21. The first-order valence-corrected chi connectivity index (χ1v) is 11.9. The van der Waals surface area contributed by atoms with Crippen molar-refractivity contribution in [3.8, 4) is 5.75 Å². The summed E-state index contributed by atoms with van der Waals surface area (Å²) >= 11 is 0. The summed E-state index contributed by atoms with van der Waals surface area (Å²) in [5.74, 6) is 1.32. The lowest BCUT2D eigenvalue weighted by Gasteiger charge is -2.38. The van der Waals surface area contributed by atoms with E-state index in [0.717, 1.165) is 37.4 Å². The number of methoxy groups -OCH3 is 1. The Kier molecular flexibility index (Phi) is 8.26. The molecule has 1 saturated carbocycles. The van der Waals surface area contributed by atoms with Crippen LogP contribution in [0.15, 0.2) is 24.3 Å². The highest BCUT2D eigenvalue weighted by Crippen LogP contribution is 2.30. The summed E-state index contributed by atoms with van der Waals surface area (Å²) in [6.07, 6.45) is 6.09. The minimum Gasteiger partial charge on any atom is -0.495 e. The Balaban J connectivity index is 1.64. The van der Waals surface area contributed by atoms with Gasteiger partial charge in [-0.3, -0.25) is 4.79 Å². The molecular weight excluding hydrogens is 406 g/mol. The van der Waals surface area contributed by atoms with Crippen molar-refractivity contribution < 1.29 is 19.1 Å². The van der Waals surface area contributed by atoms with E-state index < -0.39 is 17.7 Å². The van der Waals surface area contributed by atoms with Gasteiger partial charge in [0.15, 0.2) is 0 Å². The number of para-hydroxylation sites is 2. The van der Waals surface area contributed by atoms with Crippen LogP contribution in [-0.4, -0.2) is 61.8 Å². The van der Waals surface area contributed by atoms with E-state index in [4.69, 9.17) is 9.47 Å². The number of alkyl carbamates (subject to hydrolysis) is 1. The molecule has 0 bridgehead atoms. The van der Waals surface area contributed by atoms with Gasteiger partial charge >= 0.3 is 6.09 Å². The van der Waals surface area contributed by atoms with E-state index in [0.29, 0.717) is 25.4 Å². The number of benzene rings is 1. The first-order chi connectivity index (χ1) is 15.3. The van der Waals surface area contributed by atoms with Crippen molar-refractivity contribution in [2.24, 2.45) is 5.92 Å². The van der Waals surface area contributed by atoms with Crippen molar-refractivity contribution in [2.75, 3.05) is 38.2 Å². The molecular formula is C25H39N3O4. The van der Waals surface area contributed by atoms with E-state index in [1.54, 1.807) is 7.11 Å². The zero-order valence-electron chi connectivity index (χ0n) is 20.1. The number of anilines is 1. The fraction of sp³-hybridized carbons (Fsp3) is 0.680. The van der Waals surface area contributed by atoms with Crippen molar-refractivity contribution in [3.63, 3.8) is 0 Å². The zero-order chi connectivity index (χ0) is 23.1. The van der Waals surface area contributed by atoms with Crippen LogP contribution in [0.1, 0.15) is 59.3 Å². The number of rotatable bonds is 6. The van der Waals surface area contributed by atoms with Gasteiger partial charge in [-0.2, -0.15) is 0 Å². The van der Waals surface area contributed by atoms with E-state index in [1.807, 2.05) is 49.9 Å². The second kappa shape index (κ2) is 10.9. The number of nitrogens with zero attached hydrogens (tertiary/aromatic N) is 2. The highest BCUT2D eigenvalue weighted by atomic mass is 16.6. The van der Waals surface area contributed by atoms with E-state index in [-0.39, 0.29) is 5.91 Å². The number of ether oxygens (including phenoxy) is 2. The molecule has 1 atom stereocenters. The van der Waals surface area contributed by atoms with Gasteiger partial charge in [0.05, 0.1) is 12.8 Å². The SMILES string of the molecule is COc1ccccc1N1CCN(C(=O)C(CC2CCCCC2)NC(=O)OC(C)(C)C)CC1. The first kappa shape index (κ1) is 24.2. The Labute approximate surface area is 192 Å². The summed E-state index contributed by atoms with van der Waals surface area (Å²) in [5.41, 5.74) is 0.454. The second-order valence-corrected chi connectivity index (χ2v) is 9.92. The molecule has 178 valence electrons. The average Bonchev–Trinajstić information content (AvgIpc) is 2.77. The molecule has 0 aromatic heterocycles. The fourth-order valence-electron chi connectivity index (χ4n) is 4.71. The molecule has 2 amide bonds. The van der Waals surface area contributed by atoms with Crippen molar-refractivity contribution >= 4 is 17.7 Å². The van der Waals surface area contributed by atoms with E-state index in [2.05, 4.69) is 10.2 Å². The lowest BCUT2D eigenvalue weighted by atomic mass is 9.84. The second-order valence-electron chi connectivity index (χ2n) is 9.92. The summed E-state index contributed by atoms with van der Waals surface area (Å²) in [5, 5.41) is 2.89. The van der Waals surface area contributed by atoms with Crippen LogP contribution < -0.4 is 15.0 Å². The van der Waals surface area contributed by atoms with Gasteiger partial charge in [-0.15, -0.1) is 0 Å². The molecule has 1 aliphatic heterocycles. The Morgan fingerprint density at radius 3 is 2.34 bits per heavy atom. The Morgan fingerprint density at radius 1 is 1.06 bits per heavy atom. The summed E-state index contributed by atoms with van der Waals surface area (Å²) in [6.45, 7) is 8.20. The summed E-state index contributed by atoms with van der Waals surface area (Å²) in [4.78, 5) is 30.1. The minimum atomic E-state index is -0.594. The fourth-order valence-corrected chi connectivity index (χ4v) is 4.71. The smallest absolute Gasteiger partial charge is 0.408 e. The molecule has 1 heterocycles. The average molecular weight is 446 g/mol. The van der Waals surface area contributed by atoms with Gasteiger partial charge in [-0.05, 0) is 45.2 Å². The Bertz CT molecular complexity index is 763. The van der Waals surface area contributed by atoms with Gasteiger partial charge in [0.2, 0.25) is 5.91 Å². The molecule has 0 radical (unpaired) electrons. The number of nitrogens with one attached hydrogen (secondary N) is 1. The molecule has 1 aliphatic carbocycles. The lowest BCUT2D eigenvalue weighted by Crippen LogP contribution is -2.56. The third-order valence-electron chi connectivity index (χ3n) is 6.30. The minimum absolute atomic E-state index is 0.00103. The molecule has 1 unspecified atom stereocenters. The van der Waals surface area contributed by atoms with E-state index in [1.165, 1.54) is 19.3 Å². The molecule has 3 rings (SSSR count). The molecule has 7 heteroatoms. The van der Waals surface area contributed by atoms with Crippen LogP contribution in [0.4, 0.5) is 10.5 Å². The third kappa shape index (κ3) is 6.78. The number of piperazine rings is 1. The maximum Gasteiger partial charge on any atom is 0.408 e. The van der Waals surface area contributed by atoms with Crippen molar-refractivity contribution in [2.45, 2.75) is 70.9 Å². The summed E-state index contributed by atoms with van der Waals surface area (Å²) in [6, 6.07) is 7.43. The molecule has 7 nitrogen and oxygen atoms in total. The normalized spacial score (nSPS) is 18.8. The van der Waals surface area contributed by atoms with Gasteiger partial charge < -0.3 is 24.6 Å². The standard InChI is InChI=1S/C25H39N3O4/c1-25(2,3)32-24(30)26-20(18-19-10-6-5-7-11-19)23(29)28-16-14-27(15-17-28)21-12-8-9-13-22(21)31-4/h8-9,12-13,19-20H,5-7,10-11,14-18H2,1-4H3,(H,26,30). The van der Waals surface area contributed by atoms with E-state index in [9.17, 15) is 9.59 Å². The van der Waals surface area contributed by atoms with Crippen molar-refractivity contribution in [1.29, 1.82) is 0 Å². The number of hydrogen-bond donors (Lipinski definition) is 1. The van der Waals surface area contributed by atoms with Crippen LogP contribution in [0.5, 0.6) is 5.75 Å². The molecule has 1 aromatic rings. The maximum atomic E-state index is 13.5. The van der Waals surface area contributed by atoms with Crippen LogP contribution >= 0.6 is 0 Å². The topological polar surface area (TPSA) is 71.1 Å². The molecule has 0 spiro atoms. The molecule has 1 aromatic carbocycles. The summed E-state index contributed by atoms with van der Waals surface area (Å²) < 4.78 is 10.9. The molecule has 2 aliphatic rings. The number of amides is 2. The summed E-state index contributed by atoms with van der Waals surface area (Å²) in [7, 11) is 1.68. The van der Waals surface area contributed by atoms with Crippen LogP contribution in [0, 0.1) is 5.92 Å². The van der Waals surface area contributed by atoms with Gasteiger partial charge in [-0.1, -0.05) is 44.2 Å². The van der Waals surface area contributed by atoms with Crippen molar-refractivity contribution in [3.05, 3.63) is 24.3 Å².